The number of imide groups is 2. The van der Waals surface area contributed by atoms with Gasteiger partial charge >= 0.3 is 6.03 Å². The van der Waals surface area contributed by atoms with E-state index in [4.69, 9.17) is 4.74 Å². The van der Waals surface area contributed by atoms with Gasteiger partial charge in [-0.2, -0.15) is 0 Å². The van der Waals surface area contributed by atoms with Crippen molar-refractivity contribution in [1.29, 1.82) is 0 Å². The number of aryl methyl sites for hydroxylation is 2. The number of nitrogens with one attached hydrogen (secondary N) is 1. The Labute approximate surface area is 164 Å². The third-order valence-electron chi connectivity index (χ3n) is 4.23. The van der Waals surface area contributed by atoms with Gasteiger partial charge in [0.05, 0.1) is 12.8 Å². The van der Waals surface area contributed by atoms with E-state index >= 15 is 0 Å². The predicted octanol–water partition coefficient (Wildman–Crippen LogP) is 3.74. The zero-order chi connectivity index (χ0) is 19.7. The Morgan fingerprint density at radius 2 is 1.78 bits per heavy atom. The molecule has 0 spiro atoms. The molecule has 1 aliphatic heterocycles. The van der Waals surface area contributed by atoms with Crippen molar-refractivity contribution in [2.45, 2.75) is 13.8 Å². The summed E-state index contributed by atoms with van der Waals surface area (Å²) in [5.74, 6) is -0.679. The van der Waals surface area contributed by atoms with Gasteiger partial charge in [-0.1, -0.05) is 22.0 Å². The summed E-state index contributed by atoms with van der Waals surface area (Å²) in [4.78, 5) is 38.4. The van der Waals surface area contributed by atoms with Crippen LogP contribution in [0.15, 0.2) is 46.4 Å². The number of urea groups is 1. The summed E-state index contributed by atoms with van der Waals surface area (Å²) < 4.78 is 6.08. The van der Waals surface area contributed by atoms with Gasteiger partial charge in [0.1, 0.15) is 11.3 Å². The Balaban J connectivity index is 2.01. The molecule has 2 aromatic rings. The summed E-state index contributed by atoms with van der Waals surface area (Å²) in [6.07, 6.45) is 1.47. The fraction of sp³-hybridized carbons (Fsp3) is 0.150. The summed E-state index contributed by atoms with van der Waals surface area (Å²) >= 11 is 3.39. The number of carbonyl (C=O) groups is 3. The highest BCUT2D eigenvalue weighted by Crippen LogP contribution is 2.27. The molecule has 1 heterocycles. The van der Waals surface area contributed by atoms with Gasteiger partial charge in [0, 0.05) is 4.47 Å². The van der Waals surface area contributed by atoms with E-state index in [0.29, 0.717) is 17.0 Å². The van der Waals surface area contributed by atoms with Gasteiger partial charge in [0.25, 0.3) is 11.8 Å². The van der Waals surface area contributed by atoms with Crippen molar-refractivity contribution in [3.63, 3.8) is 0 Å². The van der Waals surface area contributed by atoms with Gasteiger partial charge in [-0.3, -0.25) is 14.9 Å². The molecule has 0 bridgehead atoms. The average Bonchev–Trinajstić information content (AvgIpc) is 2.61. The molecule has 1 aliphatic rings. The Morgan fingerprint density at radius 3 is 2.41 bits per heavy atom. The van der Waals surface area contributed by atoms with Crippen LogP contribution in [0, 0.1) is 13.8 Å². The Bertz CT molecular complexity index is 997. The number of rotatable bonds is 3. The number of benzene rings is 2. The molecule has 4 amide bonds. The van der Waals surface area contributed by atoms with Crippen molar-refractivity contribution >= 4 is 45.5 Å². The lowest BCUT2D eigenvalue weighted by atomic mass is 10.0. The first-order valence-corrected chi connectivity index (χ1v) is 8.93. The van der Waals surface area contributed by atoms with Gasteiger partial charge in [-0.05, 0) is 66.9 Å². The number of carbonyl (C=O) groups excluding carboxylic acids is 3. The van der Waals surface area contributed by atoms with Crippen LogP contribution in [0.5, 0.6) is 5.75 Å². The number of ether oxygens (including phenoxy) is 1. The second kappa shape index (κ2) is 7.36. The van der Waals surface area contributed by atoms with Crippen molar-refractivity contribution in [3.8, 4) is 5.75 Å². The molecular formula is C20H17BrN2O4. The first-order chi connectivity index (χ1) is 12.8. The molecule has 0 aliphatic carbocycles. The lowest BCUT2D eigenvalue weighted by Crippen LogP contribution is -2.54. The molecule has 138 valence electrons. The minimum Gasteiger partial charge on any atom is -0.496 e. The number of anilines is 1. The van der Waals surface area contributed by atoms with E-state index in [1.165, 1.54) is 6.08 Å². The summed E-state index contributed by atoms with van der Waals surface area (Å²) in [6.45, 7) is 3.71. The van der Waals surface area contributed by atoms with Crippen molar-refractivity contribution in [2.75, 3.05) is 12.0 Å². The van der Waals surface area contributed by atoms with Crippen LogP contribution in [0.3, 0.4) is 0 Å². The van der Waals surface area contributed by atoms with Gasteiger partial charge in [-0.25, -0.2) is 9.69 Å². The standard InChI is InChI=1S/C20H17BrN2O4/c1-11-9-14(5-6-16(11)21)23-19(25)15(18(24)22-20(23)26)10-13-4-7-17(27-3)12(2)8-13/h4-10H,1-3H3,(H,22,24,26)/b15-10-. The highest BCUT2D eigenvalue weighted by Gasteiger charge is 2.36. The summed E-state index contributed by atoms with van der Waals surface area (Å²) in [5, 5.41) is 2.22. The van der Waals surface area contributed by atoms with E-state index in [0.717, 1.165) is 20.5 Å². The maximum atomic E-state index is 12.9. The largest absolute Gasteiger partial charge is 0.496 e. The van der Waals surface area contributed by atoms with E-state index in [1.807, 2.05) is 13.8 Å². The Morgan fingerprint density at radius 1 is 1.04 bits per heavy atom. The lowest BCUT2D eigenvalue weighted by molar-refractivity contribution is -0.122. The first kappa shape index (κ1) is 18.8. The normalized spacial score (nSPS) is 15.9. The van der Waals surface area contributed by atoms with Gasteiger partial charge in [0.2, 0.25) is 0 Å². The summed E-state index contributed by atoms with van der Waals surface area (Å²) in [7, 11) is 1.57. The Hall–Kier alpha value is -2.93. The van der Waals surface area contributed by atoms with E-state index < -0.39 is 17.8 Å². The number of halogens is 1. The maximum absolute atomic E-state index is 12.9. The van der Waals surface area contributed by atoms with Crippen LogP contribution in [0.4, 0.5) is 10.5 Å². The molecule has 1 saturated heterocycles. The molecular weight excluding hydrogens is 412 g/mol. The number of hydrogen-bond donors (Lipinski definition) is 1. The van der Waals surface area contributed by atoms with Crippen molar-refractivity contribution in [2.24, 2.45) is 0 Å². The summed E-state index contributed by atoms with van der Waals surface area (Å²) in [5.41, 5.74) is 2.67. The second-order valence-electron chi connectivity index (χ2n) is 6.12. The quantitative estimate of drug-likeness (QED) is 0.596. The van der Waals surface area contributed by atoms with Crippen molar-refractivity contribution in [1.82, 2.24) is 5.32 Å². The van der Waals surface area contributed by atoms with Gasteiger partial charge < -0.3 is 4.74 Å². The predicted molar refractivity (Wildman–Crippen MR) is 106 cm³/mol. The molecule has 0 aromatic heterocycles. The van der Waals surface area contributed by atoms with Crippen LogP contribution in [0.2, 0.25) is 0 Å². The monoisotopic (exact) mass is 428 g/mol. The van der Waals surface area contributed by atoms with E-state index in [9.17, 15) is 14.4 Å². The first-order valence-electron chi connectivity index (χ1n) is 8.14. The minimum atomic E-state index is -0.769. The zero-order valence-corrected chi connectivity index (χ0v) is 16.6. The molecule has 2 aromatic carbocycles. The maximum Gasteiger partial charge on any atom is 0.335 e. The van der Waals surface area contributed by atoms with Crippen LogP contribution in [-0.2, 0) is 9.59 Å². The number of nitrogens with zero attached hydrogens (tertiary/aromatic N) is 1. The number of hydrogen-bond acceptors (Lipinski definition) is 4. The molecule has 0 atom stereocenters. The average molecular weight is 429 g/mol. The minimum absolute atomic E-state index is 0.111. The van der Waals surface area contributed by atoms with Crippen LogP contribution in [0.25, 0.3) is 6.08 Å². The van der Waals surface area contributed by atoms with E-state index in [2.05, 4.69) is 21.2 Å². The highest BCUT2D eigenvalue weighted by molar-refractivity contribution is 9.10. The van der Waals surface area contributed by atoms with Crippen molar-refractivity contribution in [3.05, 3.63) is 63.1 Å². The molecule has 6 nitrogen and oxygen atoms in total. The van der Waals surface area contributed by atoms with Crippen LogP contribution in [0.1, 0.15) is 16.7 Å². The van der Waals surface area contributed by atoms with Gasteiger partial charge in [-0.15, -0.1) is 0 Å². The van der Waals surface area contributed by atoms with Crippen LogP contribution in [-0.4, -0.2) is 25.0 Å². The third-order valence-corrected chi connectivity index (χ3v) is 5.12. The molecule has 27 heavy (non-hydrogen) atoms. The number of barbiturate groups is 1. The topological polar surface area (TPSA) is 75.7 Å². The van der Waals surface area contributed by atoms with E-state index in [-0.39, 0.29) is 5.57 Å². The molecule has 7 heteroatoms. The Kier molecular flexibility index (Phi) is 5.14. The van der Waals surface area contributed by atoms with Gasteiger partial charge in [0.15, 0.2) is 0 Å². The van der Waals surface area contributed by atoms with E-state index in [1.54, 1.807) is 43.5 Å². The number of methoxy groups -OCH3 is 1. The SMILES string of the molecule is COc1ccc(/C=C2/C(=O)NC(=O)N(c3ccc(Br)c(C)c3)C2=O)cc1C. The lowest BCUT2D eigenvalue weighted by Gasteiger charge is -2.26. The van der Waals surface area contributed by atoms with Crippen LogP contribution >= 0.6 is 15.9 Å². The fourth-order valence-electron chi connectivity index (χ4n) is 2.82. The third kappa shape index (κ3) is 3.64. The molecule has 1 N–H and O–H groups in total. The molecule has 0 saturated carbocycles. The van der Waals surface area contributed by atoms with Crippen LogP contribution < -0.4 is 15.0 Å². The van der Waals surface area contributed by atoms with Crippen molar-refractivity contribution < 1.29 is 19.1 Å². The molecule has 3 rings (SSSR count). The second-order valence-corrected chi connectivity index (χ2v) is 6.97. The highest BCUT2D eigenvalue weighted by atomic mass is 79.9. The number of amides is 4. The smallest absolute Gasteiger partial charge is 0.335 e. The molecule has 1 fully saturated rings. The zero-order valence-electron chi connectivity index (χ0n) is 15.0. The molecule has 0 unspecified atom stereocenters. The molecule has 0 radical (unpaired) electrons. The summed E-state index contributed by atoms with van der Waals surface area (Å²) in [6, 6.07) is 9.62. The fourth-order valence-corrected chi connectivity index (χ4v) is 3.06.